The van der Waals surface area contributed by atoms with E-state index in [1.54, 1.807) is 0 Å². The first kappa shape index (κ1) is 11.1. The topological polar surface area (TPSA) is 26.0 Å². The Morgan fingerprint density at radius 3 is 2.33 bits per heavy atom. The van der Waals surface area contributed by atoms with Crippen LogP contribution in [0.15, 0.2) is 40.9 Å². The summed E-state index contributed by atoms with van der Waals surface area (Å²) in [5, 5.41) is 0. The van der Waals surface area contributed by atoms with Gasteiger partial charge in [-0.2, -0.15) is 0 Å². The Morgan fingerprint density at radius 2 is 1.80 bits per heavy atom. The summed E-state index contributed by atoms with van der Waals surface area (Å²) in [6.07, 6.45) is 0. The van der Waals surface area contributed by atoms with E-state index in [0.29, 0.717) is 0 Å². The van der Waals surface area contributed by atoms with Crippen LogP contribution in [0.1, 0.15) is 16.5 Å². The first-order chi connectivity index (χ1) is 7.16. The third kappa shape index (κ3) is 2.61. The predicted octanol–water partition coefficient (Wildman–Crippen LogP) is 4.21. The normalized spacial score (nSPS) is 12.7. The number of hydrogen-bond acceptors (Lipinski definition) is 2. The molecule has 1 aromatic carbocycles. The first-order valence-corrected chi connectivity index (χ1v) is 6.42. The third-order valence-electron chi connectivity index (χ3n) is 2.13. The van der Waals surface area contributed by atoms with E-state index in [-0.39, 0.29) is 6.04 Å². The summed E-state index contributed by atoms with van der Waals surface area (Å²) in [7, 11) is 0. The molecule has 0 aliphatic rings. The number of benzene rings is 1. The zero-order chi connectivity index (χ0) is 10.8. The number of nitrogens with two attached hydrogens (primary N) is 1. The first-order valence-electron chi connectivity index (χ1n) is 4.43. The van der Waals surface area contributed by atoms with E-state index in [1.807, 2.05) is 36.4 Å². The molecule has 15 heavy (non-hydrogen) atoms. The zero-order valence-electron chi connectivity index (χ0n) is 7.78. The second kappa shape index (κ2) is 4.66. The number of hydrogen-bond donors (Lipinski definition) is 1. The molecule has 0 aliphatic carbocycles. The Kier molecular flexibility index (Phi) is 3.46. The van der Waals surface area contributed by atoms with Crippen LogP contribution in [0.5, 0.6) is 0 Å². The van der Waals surface area contributed by atoms with E-state index in [0.717, 1.165) is 19.2 Å². The SMILES string of the molecule is NC(c1ccc(Br)cc1)c1ccc(Cl)s1. The minimum atomic E-state index is -0.0874. The lowest BCUT2D eigenvalue weighted by Crippen LogP contribution is -2.09. The van der Waals surface area contributed by atoms with Crippen molar-refractivity contribution in [2.45, 2.75) is 6.04 Å². The Labute approximate surface area is 106 Å². The molecule has 2 rings (SSSR count). The predicted molar refractivity (Wildman–Crippen MR) is 69.5 cm³/mol. The standard InChI is InChI=1S/C11H9BrClNS/c12-8-3-1-7(2-4-8)11(14)9-5-6-10(13)15-9/h1-6,11H,14H2. The van der Waals surface area contributed by atoms with Gasteiger partial charge in [0.2, 0.25) is 0 Å². The molecule has 0 bridgehead atoms. The Hall–Kier alpha value is -0.350. The van der Waals surface area contributed by atoms with Gasteiger partial charge in [-0.1, -0.05) is 39.7 Å². The van der Waals surface area contributed by atoms with Crippen LogP contribution in [0.4, 0.5) is 0 Å². The van der Waals surface area contributed by atoms with Crippen LogP contribution in [0.25, 0.3) is 0 Å². The fourth-order valence-corrected chi connectivity index (χ4v) is 2.68. The largest absolute Gasteiger partial charge is 0.320 e. The molecule has 1 aromatic heterocycles. The summed E-state index contributed by atoms with van der Waals surface area (Å²) >= 11 is 10.8. The molecular formula is C11H9BrClNS. The maximum Gasteiger partial charge on any atom is 0.0931 e. The van der Waals surface area contributed by atoms with Crippen molar-refractivity contribution < 1.29 is 0 Å². The molecule has 4 heteroatoms. The van der Waals surface area contributed by atoms with Gasteiger partial charge in [-0.15, -0.1) is 11.3 Å². The highest BCUT2D eigenvalue weighted by atomic mass is 79.9. The van der Waals surface area contributed by atoms with Crippen LogP contribution in [0.2, 0.25) is 4.34 Å². The molecule has 1 nitrogen and oxygen atoms in total. The zero-order valence-corrected chi connectivity index (χ0v) is 10.9. The van der Waals surface area contributed by atoms with Crippen molar-refractivity contribution in [2.24, 2.45) is 5.73 Å². The monoisotopic (exact) mass is 301 g/mol. The van der Waals surface area contributed by atoms with Gasteiger partial charge in [-0.25, -0.2) is 0 Å². The van der Waals surface area contributed by atoms with Crippen LogP contribution in [0.3, 0.4) is 0 Å². The molecule has 2 N–H and O–H groups in total. The molecule has 0 saturated heterocycles. The maximum atomic E-state index is 6.12. The number of rotatable bonds is 2. The summed E-state index contributed by atoms with van der Waals surface area (Å²) in [4.78, 5) is 1.09. The lowest BCUT2D eigenvalue weighted by atomic mass is 10.1. The highest BCUT2D eigenvalue weighted by Crippen LogP contribution is 2.29. The van der Waals surface area contributed by atoms with Gasteiger partial charge in [0.25, 0.3) is 0 Å². The van der Waals surface area contributed by atoms with Gasteiger partial charge in [0.15, 0.2) is 0 Å². The second-order valence-electron chi connectivity index (χ2n) is 3.17. The van der Waals surface area contributed by atoms with E-state index >= 15 is 0 Å². The van der Waals surface area contributed by atoms with Crippen LogP contribution in [-0.4, -0.2) is 0 Å². The van der Waals surface area contributed by atoms with E-state index in [1.165, 1.54) is 11.3 Å². The quantitative estimate of drug-likeness (QED) is 0.883. The molecule has 0 spiro atoms. The lowest BCUT2D eigenvalue weighted by Gasteiger charge is -2.09. The average Bonchev–Trinajstić information content (AvgIpc) is 2.65. The van der Waals surface area contributed by atoms with Crippen molar-refractivity contribution in [3.05, 3.63) is 55.6 Å². The number of halogens is 2. The summed E-state index contributed by atoms with van der Waals surface area (Å²) < 4.78 is 1.83. The highest BCUT2D eigenvalue weighted by molar-refractivity contribution is 9.10. The van der Waals surface area contributed by atoms with Crippen molar-refractivity contribution in [3.63, 3.8) is 0 Å². The van der Waals surface area contributed by atoms with Gasteiger partial charge in [0.1, 0.15) is 0 Å². The molecule has 0 radical (unpaired) electrons. The van der Waals surface area contributed by atoms with Crippen LogP contribution in [0, 0.1) is 0 Å². The Bertz CT molecular complexity index is 452. The van der Waals surface area contributed by atoms with Crippen molar-refractivity contribution in [2.75, 3.05) is 0 Å². The van der Waals surface area contributed by atoms with E-state index < -0.39 is 0 Å². The molecule has 1 atom stereocenters. The molecule has 78 valence electrons. The van der Waals surface area contributed by atoms with E-state index in [9.17, 15) is 0 Å². The Balaban J connectivity index is 2.28. The molecule has 1 unspecified atom stereocenters. The fraction of sp³-hybridized carbons (Fsp3) is 0.0909. The molecule has 1 heterocycles. The molecule has 0 fully saturated rings. The van der Waals surface area contributed by atoms with E-state index in [2.05, 4.69) is 15.9 Å². The van der Waals surface area contributed by atoms with Gasteiger partial charge in [-0.3, -0.25) is 0 Å². The summed E-state index contributed by atoms with van der Waals surface area (Å²) in [6, 6.07) is 11.8. The lowest BCUT2D eigenvalue weighted by molar-refractivity contribution is 0.893. The molecule has 0 aliphatic heterocycles. The smallest absolute Gasteiger partial charge is 0.0931 e. The van der Waals surface area contributed by atoms with Gasteiger partial charge in [0, 0.05) is 9.35 Å². The minimum Gasteiger partial charge on any atom is -0.320 e. The van der Waals surface area contributed by atoms with Gasteiger partial charge >= 0.3 is 0 Å². The minimum absolute atomic E-state index is 0.0874. The molecule has 0 saturated carbocycles. The van der Waals surface area contributed by atoms with Crippen LogP contribution in [-0.2, 0) is 0 Å². The van der Waals surface area contributed by atoms with Crippen molar-refractivity contribution >= 4 is 38.9 Å². The van der Waals surface area contributed by atoms with Crippen molar-refractivity contribution in [1.29, 1.82) is 0 Å². The number of thiophene rings is 1. The van der Waals surface area contributed by atoms with Gasteiger partial charge < -0.3 is 5.73 Å². The van der Waals surface area contributed by atoms with E-state index in [4.69, 9.17) is 17.3 Å². The fourth-order valence-electron chi connectivity index (χ4n) is 1.33. The summed E-state index contributed by atoms with van der Waals surface area (Å²) in [5.74, 6) is 0. The second-order valence-corrected chi connectivity index (χ2v) is 5.83. The summed E-state index contributed by atoms with van der Waals surface area (Å²) in [6.45, 7) is 0. The van der Waals surface area contributed by atoms with Gasteiger partial charge in [-0.05, 0) is 29.8 Å². The molecule has 0 amide bonds. The van der Waals surface area contributed by atoms with Gasteiger partial charge in [0.05, 0.1) is 10.4 Å². The van der Waals surface area contributed by atoms with Crippen LogP contribution >= 0.6 is 38.9 Å². The van der Waals surface area contributed by atoms with Crippen LogP contribution < -0.4 is 5.73 Å². The molecular weight excluding hydrogens is 294 g/mol. The average molecular weight is 303 g/mol. The summed E-state index contributed by atoms with van der Waals surface area (Å²) in [5.41, 5.74) is 7.21. The Morgan fingerprint density at radius 1 is 1.13 bits per heavy atom. The molecule has 2 aromatic rings. The highest BCUT2D eigenvalue weighted by Gasteiger charge is 2.10. The third-order valence-corrected chi connectivity index (χ3v) is 3.97. The van der Waals surface area contributed by atoms with Crippen molar-refractivity contribution in [1.82, 2.24) is 0 Å². The van der Waals surface area contributed by atoms with Crippen molar-refractivity contribution in [3.8, 4) is 0 Å². The maximum absolute atomic E-state index is 6.12.